The van der Waals surface area contributed by atoms with E-state index in [2.05, 4.69) is 0 Å². The lowest BCUT2D eigenvalue weighted by atomic mass is 10.00. The molecule has 98 valence electrons. The first kappa shape index (κ1) is 13.3. The number of Topliss-reactive ketones (excluding diaryl/α,β-unsaturated/α-hetero) is 1. The summed E-state index contributed by atoms with van der Waals surface area (Å²) in [5.41, 5.74) is 1.56. The minimum absolute atomic E-state index is 0.0422. The van der Waals surface area contributed by atoms with Gasteiger partial charge in [0.15, 0.2) is 5.78 Å². The molecule has 2 aromatic carbocycles. The van der Waals surface area contributed by atoms with Gasteiger partial charge in [-0.3, -0.25) is 4.79 Å². The molecule has 0 aliphatic carbocycles. The lowest BCUT2D eigenvalue weighted by Gasteiger charge is -2.15. The minimum atomic E-state index is -0.298. The van der Waals surface area contributed by atoms with Crippen LogP contribution in [0.2, 0.25) is 0 Å². The predicted octanol–water partition coefficient (Wildman–Crippen LogP) is 3.35. The molecule has 0 heterocycles. The summed E-state index contributed by atoms with van der Waals surface area (Å²) in [4.78, 5) is 12.1. The van der Waals surface area contributed by atoms with E-state index in [4.69, 9.17) is 4.74 Å². The molecule has 0 aromatic heterocycles. The maximum atomic E-state index is 12.1. The van der Waals surface area contributed by atoms with Gasteiger partial charge in [-0.15, -0.1) is 0 Å². The van der Waals surface area contributed by atoms with Crippen LogP contribution in [0.4, 0.5) is 0 Å². The van der Waals surface area contributed by atoms with E-state index in [-0.39, 0.29) is 24.1 Å². The summed E-state index contributed by atoms with van der Waals surface area (Å²) in [6, 6.07) is 15.9. The molecule has 0 saturated heterocycles. The van der Waals surface area contributed by atoms with Gasteiger partial charge >= 0.3 is 0 Å². The molecule has 1 unspecified atom stereocenters. The number of phenolic OH excluding ortho intramolecular Hbond substituents is 1. The molecule has 2 aromatic rings. The number of rotatable bonds is 5. The molecule has 0 spiro atoms. The zero-order chi connectivity index (χ0) is 13.7. The van der Waals surface area contributed by atoms with Gasteiger partial charge in [-0.1, -0.05) is 42.5 Å². The zero-order valence-electron chi connectivity index (χ0n) is 10.7. The van der Waals surface area contributed by atoms with Crippen LogP contribution in [-0.4, -0.2) is 18.0 Å². The van der Waals surface area contributed by atoms with Crippen molar-refractivity contribution >= 4 is 5.78 Å². The van der Waals surface area contributed by atoms with E-state index < -0.39 is 0 Å². The normalized spacial score (nSPS) is 12.1. The van der Waals surface area contributed by atoms with Crippen LogP contribution in [-0.2, 0) is 4.74 Å². The second-order valence-corrected chi connectivity index (χ2v) is 4.31. The Bertz CT molecular complexity index is 532. The number of methoxy groups -OCH3 is 1. The lowest BCUT2D eigenvalue weighted by Crippen LogP contribution is -2.09. The lowest BCUT2D eigenvalue weighted by molar-refractivity contribution is 0.0730. The highest BCUT2D eigenvalue weighted by atomic mass is 16.5. The molecule has 3 heteroatoms. The Labute approximate surface area is 112 Å². The van der Waals surface area contributed by atoms with Crippen molar-refractivity contribution in [3.8, 4) is 5.75 Å². The Morgan fingerprint density at radius 3 is 2.32 bits per heavy atom. The molecule has 2 rings (SSSR count). The van der Waals surface area contributed by atoms with Crippen molar-refractivity contribution in [1.29, 1.82) is 0 Å². The standard InChI is InChI=1S/C16H16O3/c1-19-16(13-7-9-14(17)10-8-13)11-15(18)12-5-3-2-4-6-12/h2-10,16-17H,11H2,1H3. The molecule has 0 saturated carbocycles. The van der Waals surface area contributed by atoms with Crippen LogP contribution in [0.1, 0.15) is 28.4 Å². The van der Waals surface area contributed by atoms with Crippen molar-refractivity contribution in [1.82, 2.24) is 0 Å². The van der Waals surface area contributed by atoms with E-state index in [9.17, 15) is 9.90 Å². The van der Waals surface area contributed by atoms with Crippen molar-refractivity contribution in [3.63, 3.8) is 0 Å². The number of phenols is 1. The maximum Gasteiger partial charge on any atom is 0.165 e. The van der Waals surface area contributed by atoms with Crippen molar-refractivity contribution in [3.05, 3.63) is 65.7 Å². The number of hydrogen-bond acceptors (Lipinski definition) is 3. The smallest absolute Gasteiger partial charge is 0.165 e. The second-order valence-electron chi connectivity index (χ2n) is 4.31. The van der Waals surface area contributed by atoms with Crippen LogP contribution in [0.3, 0.4) is 0 Å². The molecular formula is C16H16O3. The van der Waals surface area contributed by atoms with E-state index in [1.54, 1.807) is 43.5 Å². The molecule has 1 N–H and O–H groups in total. The Balaban J connectivity index is 2.11. The molecule has 19 heavy (non-hydrogen) atoms. The molecule has 3 nitrogen and oxygen atoms in total. The number of carbonyl (C=O) groups excluding carboxylic acids is 1. The Morgan fingerprint density at radius 1 is 1.11 bits per heavy atom. The summed E-state index contributed by atoms with van der Waals surface area (Å²) in [6.07, 6.45) is -0.0148. The number of carbonyl (C=O) groups is 1. The number of ether oxygens (including phenoxy) is 1. The number of ketones is 1. The molecule has 0 bridgehead atoms. The van der Waals surface area contributed by atoms with Crippen LogP contribution in [0.25, 0.3) is 0 Å². The van der Waals surface area contributed by atoms with Gasteiger partial charge in [0, 0.05) is 19.1 Å². The van der Waals surface area contributed by atoms with Gasteiger partial charge in [0.2, 0.25) is 0 Å². The van der Waals surface area contributed by atoms with Crippen molar-refractivity contribution in [2.24, 2.45) is 0 Å². The van der Waals surface area contributed by atoms with Gasteiger partial charge in [-0.2, -0.15) is 0 Å². The topological polar surface area (TPSA) is 46.5 Å². The minimum Gasteiger partial charge on any atom is -0.508 e. The number of benzene rings is 2. The van der Waals surface area contributed by atoms with E-state index in [0.29, 0.717) is 5.56 Å². The molecule has 0 amide bonds. The fourth-order valence-corrected chi connectivity index (χ4v) is 1.94. The summed E-state index contributed by atoms with van der Waals surface area (Å²) < 4.78 is 5.37. The molecule has 0 aliphatic heterocycles. The van der Waals surface area contributed by atoms with E-state index in [1.807, 2.05) is 18.2 Å². The third-order valence-corrected chi connectivity index (χ3v) is 3.02. The van der Waals surface area contributed by atoms with Crippen LogP contribution in [0.5, 0.6) is 5.75 Å². The highest BCUT2D eigenvalue weighted by Gasteiger charge is 2.16. The van der Waals surface area contributed by atoms with Crippen molar-refractivity contribution < 1.29 is 14.6 Å². The van der Waals surface area contributed by atoms with E-state index in [0.717, 1.165) is 5.56 Å². The van der Waals surface area contributed by atoms with Gasteiger partial charge in [0.1, 0.15) is 5.75 Å². The van der Waals surface area contributed by atoms with Crippen molar-refractivity contribution in [2.45, 2.75) is 12.5 Å². The Kier molecular flexibility index (Phi) is 4.31. The van der Waals surface area contributed by atoms with Crippen LogP contribution in [0.15, 0.2) is 54.6 Å². The van der Waals surface area contributed by atoms with Crippen LogP contribution >= 0.6 is 0 Å². The Morgan fingerprint density at radius 2 is 1.74 bits per heavy atom. The summed E-state index contributed by atoms with van der Waals surface area (Å²) >= 11 is 0. The zero-order valence-corrected chi connectivity index (χ0v) is 10.7. The first-order valence-corrected chi connectivity index (χ1v) is 6.10. The van der Waals surface area contributed by atoms with Crippen LogP contribution < -0.4 is 0 Å². The highest BCUT2D eigenvalue weighted by molar-refractivity contribution is 5.96. The first-order chi connectivity index (χ1) is 9.20. The largest absolute Gasteiger partial charge is 0.508 e. The van der Waals surface area contributed by atoms with Gasteiger partial charge in [0.05, 0.1) is 6.10 Å². The maximum absolute atomic E-state index is 12.1. The van der Waals surface area contributed by atoms with Crippen molar-refractivity contribution in [2.75, 3.05) is 7.11 Å². The van der Waals surface area contributed by atoms with Gasteiger partial charge in [-0.05, 0) is 17.7 Å². The number of hydrogen-bond donors (Lipinski definition) is 1. The monoisotopic (exact) mass is 256 g/mol. The third-order valence-electron chi connectivity index (χ3n) is 3.02. The summed E-state index contributed by atoms with van der Waals surface area (Å²) in [5.74, 6) is 0.244. The summed E-state index contributed by atoms with van der Waals surface area (Å²) in [7, 11) is 1.58. The molecule has 0 fully saturated rings. The predicted molar refractivity (Wildman–Crippen MR) is 73.2 cm³/mol. The average molecular weight is 256 g/mol. The van der Waals surface area contributed by atoms with Gasteiger partial charge in [-0.25, -0.2) is 0 Å². The first-order valence-electron chi connectivity index (χ1n) is 6.10. The quantitative estimate of drug-likeness (QED) is 0.834. The fraction of sp³-hybridized carbons (Fsp3) is 0.188. The molecular weight excluding hydrogens is 240 g/mol. The molecule has 0 radical (unpaired) electrons. The van der Waals surface area contributed by atoms with Gasteiger partial charge < -0.3 is 9.84 Å². The third kappa shape index (κ3) is 3.42. The number of aromatic hydroxyl groups is 1. The second kappa shape index (κ2) is 6.16. The van der Waals surface area contributed by atoms with Gasteiger partial charge in [0.25, 0.3) is 0 Å². The summed E-state index contributed by atoms with van der Waals surface area (Å²) in [5, 5.41) is 9.26. The van der Waals surface area contributed by atoms with E-state index in [1.165, 1.54) is 0 Å². The average Bonchev–Trinajstić information content (AvgIpc) is 2.46. The van der Waals surface area contributed by atoms with Crippen LogP contribution in [0, 0.1) is 0 Å². The van der Waals surface area contributed by atoms with E-state index >= 15 is 0 Å². The highest BCUT2D eigenvalue weighted by Crippen LogP contribution is 2.24. The SMILES string of the molecule is COC(CC(=O)c1ccccc1)c1ccc(O)cc1. The Hall–Kier alpha value is -2.13. The molecule has 1 atom stereocenters. The summed E-state index contributed by atoms with van der Waals surface area (Å²) in [6.45, 7) is 0. The molecule has 0 aliphatic rings. The fourth-order valence-electron chi connectivity index (χ4n) is 1.94.